The Bertz CT molecular complexity index is 1450. The SMILES string of the molecule is Fc1cc(-c2ccccc2)cc(Cl)c1-c1cc(F)c(C(F)(F)Oc2cc(F)c(C(F)(F)F)c(F)c2)c(F)c1. The van der Waals surface area contributed by atoms with E-state index in [4.69, 9.17) is 11.6 Å². The zero-order chi connectivity index (χ0) is 28.0. The van der Waals surface area contributed by atoms with Gasteiger partial charge in [0.05, 0.1) is 5.02 Å². The van der Waals surface area contributed by atoms with Gasteiger partial charge in [-0.05, 0) is 41.0 Å². The van der Waals surface area contributed by atoms with Crippen molar-refractivity contribution in [3.63, 3.8) is 0 Å². The molecule has 0 aliphatic rings. The molecule has 0 radical (unpaired) electrons. The van der Waals surface area contributed by atoms with E-state index in [2.05, 4.69) is 4.74 Å². The van der Waals surface area contributed by atoms with Crippen LogP contribution in [0.5, 0.6) is 5.75 Å². The molecule has 0 aromatic heterocycles. The molecule has 0 heterocycles. The predicted octanol–water partition coefficient (Wildman–Crippen LogP) is 9.52. The number of benzene rings is 4. The second-order valence-electron chi connectivity index (χ2n) is 7.87. The summed E-state index contributed by atoms with van der Waals surface area (Å²) in [5.74, 6) is -11.0. The van der Waals surface area contributed by atoms with Crippen LogP contribution in [0.25, 0.3) is 22.3 Å². The Kier molecular flexibility index (Phi) is 7.09. The fraction of sp³-hybridized carbons (Fsp3) is 0.0769. The fourth-order valence-electron chi connectivity index (χ4n) is 3.72. The molecule has 0 aliphatic heterocycles. The molecule has 0 saturated carbocycles. The first-order valence-electron chi connectivity index (χ1n) is 10.4. The quantitative estimate of drug-likeness (QED) is 0.219. The molecular formula is C26H11ClF10O. The third kappa shape index (κ3) is 5.28. The Balaban J connectivity index is 1.71. The van der Waals surface area contributed by atoms with Crippen molar-refractivity contribution in [2.24, 2.45) is 0 Å². The van der Waals surface area contributed by atoms with E-state index in [-0.39, 0.29) is 17.2 Å². The van der Waals surface area contributed by atoms with E-state index < -0.39 is 69.4 Å². The van der Waals surface area contributed by atoms with E-state index in [1.54, 1.807) is 30.3 Å². The highest BCUT2D eigenvalue weighted by atomic mass is 35.5. The van der Waals surface area contributed by atoms with Crippen LogP contribution in [0.15, 0.2) is 66.7 Å². The molecule has 0 aliphatic carbocycles. The second kappa shape index (κ2) is 9.86. The molecule has 0 spiro atoms. The van der Waals surface area contributed by atoms with Gasteiger partial charge >= 0.3 is 12.3 Å². The van der Waals surface area contributed by atoms with Gasteiger partial charge in [-0.15, -0.1) is 0 Å². The van der Waals surface area contributed by atoms with Gasteiger partial charge < -0.3 is 4.74 Å². The minimum atomic E-state index is -5.49. The Labute approximate surface area is 212 Å². The third-order valence-corrected chi connectivity index (χ3v) is 5.61. The van der Waals surface area contributed by atoms with Crippen molar-refractivity contribution in [2.75, 3.05) is 0 Å². The summed E-state index contributed by atoms with van der Waals surface area (Å²) in [5.41, 5.74) is -4.59. The molecule has 38 heavy (non-hydrogen) atoms. The number of ether oxygens (including phenoxy) is 1. The van der Waals surface area contributed by atoms with Crippen LogP contribution in [0, 0.1) is 29.1 Å². The van der Waals surface area contributed by atoms with Crippen LogP contribution >= 0.6 is 11.6 Å². The van der Waals surface area contributed by atoms with Crippen molar-refractivity contribution >= 4 is 11.6 Å². The van der Waals surface area contributed by atoms with Crippen LogP contribution in [0.1, 0.15) is 11.1 Å². The lowest BCUT2D eigenvalue weighted by atomic mass is 9.98. The maximum atomic E-state index is 14.9. The number of halogens is 11. The van der Waals surface area contributed by atoms with Gasteiger partial charge in [0.15, 0.2) is 0 Å². The van der Waals surface area contributed by atoms with Crippen molar-refractivity contribution in [3.8, 4) is 28.0 Å². The summed E-state index contributed by atoms with van der Waals surface area (Å²) in [7, 11) is 0. The third-order valence-electron chi connectivity index (χ3n) is 5.32. The van der Waals surface area contributed by atoms with Gasteiger partial charge in [0.2, 0.25) is 0 Å². The summed E-state index contributed by atoms with van der Waals surface area (Å²) >= 11 is 6.13. The van der Waals surface area contributed by atoms with Crippen LogP contribution in [0.2, 0.25) is 5.02 Å². The molecular weight excluding hydrogens is 554 g/mol. The lowest BCUT2D eigenvalue weighted by Gasteiger charge is -2.21. The van der Waals surface area contributed by atoms with Gasteiger partial charge in [-0.25, -0.2) is 22.0 Å². The Morgan fingerprint density at radius 3 is 1.55 bits per heavy atom. The average molecular weight is 565 g/mol. The molecule has 0 atom stereocenters. The number of hydrogen-bond acceptors (Lipinski definition) is 1. The smallest absolute Gasteiger partial charge is 0.429 e. The maximum absolute atomic E-state index is 14.9. The van der Waals surface area contributed by atoms with E-state index in [1.807, 2.05) is 0 Å². The largest absolute Gasteiger partial charge is 0.432 e. The first-order chi connectivity index (χ1) is 17.7. The minimum Gasteiger partial charge on any atom is -0.429 e. The summed E-state index contributed by atoms with van der Waals surface area (Å²) < 4.78 is 143. The number of hydrogen-bond donors (Lipinski definition) is 0. The molecule has 0 saturated heterocycles. The van der Waals surface area contributed by atoms with Gasteiger partial charge in [0, 0.05) is 17.7 Å². The van der Waals surface area contributed by atoms with Gasteiger partial charge in [0.25, 0.3) is 0 Å². The summed E-state index contributed by atoms with van der Waals surface area (Å²) in [6.45, 7) is 0. The summed E-state index contributed by atoms with van der Waals surface area (Å²) in [6, 6.07) is 10.9. The second-order valence-corrected chi connectivity index (χ2v) is 8.28. The molecule has 198 valence electrons. The van der Waals surface area contributed by atoms with Crippen LogP contribution in [-0.4, -0.2) is 0 Å². The van der Waals surface area contributed by atoms with Gasteiger partial charge in [-0.2, -0.15) is 22.0 Å². The standard InChI is InChI=1S/C26H11ClF10O/c27-16-6-13(12-4-2-1-3-5-12)7-17(28)22(16)14-8-18(29)24(19(30)9-14)26(36,37)38-15-10-20(31)23(21(32)11-15)25(33,34)35/h1-11H. The fourth-order valence-corrected chi connectivity index (χ4v) is 4.04. The van der Waals surface area contributed by atoms with Crippen molar-refractivity contribution in [1.29, 1.82) is 0 Å². The monoisotopic (exact) mass is 564 g/mol. The molecule has 4 aromatic rings. The Morgan fingerprint density at radius 2 is 1.05 bits per heavy atom. The molecule has 4 aromatic carbocycles. The molecule has 12 heteroatoms. The average Bonchev–Trinajstić information content (AvgIpc) is 2.76. The highest BCUT2D eigenvalue weighted by Crippen LogP contribution is 2.41. The van der Waals surface area contributed by atoms with Gasteiger partial charge in [-0.1, -0.05) is 41.9 Å². The van der Waals surface area contributed by atoms with E-state index in [9.17, 15) is 43.9 Å². The van der Waals surface area contributed by atoms with Crippen LogP contribution in [-0.2, 0) is 12.3 Å². The molecule has 0 amide bonds. The van der Waals surface area contributed by atoms with E-state index in [1.165, 1.54) is 6.07 Å². The normalized spacial score (nSPS) is 12.1. The Hall–Kier alpha value is -3.73. The van der Waals surface area contributed by atoms with E-state index >= 15 is 0 Å². The molecule has 0 N–H and O–H groups in total. The molecule has 0 fully saturated rings. The van der Waals surface area contributed by atoms with Gasteiger partial charge in [-0.3, -0.25) is 0 Å². The number of alkyl halides is 5. The zero-order valence-electron chi connectivity index (χ0n) is 18.4. The first kappa shape index (κ1) is 27.3. The van der Waals surface area contributed by atoms with Crippen molar-refractivity contribution in [3.05, 3.63) is 112 Å². The topological polar surface area (TPSA) is 9.23 Å². The molecule has 1 nitrogen and oxygen atoms in total. The van der Waals surface area contributed by atoms with E-state index in [0.717, 1.165) is 6.07 Å². The zero-order valence-corrected chi connectivity index (χ0v) is 19.2. The van der Waals surface area contributed by atoms with Crippen LogP contribution in [0.4, 0.5) is 43.9 Å². The molecule has 4 rings (SSSR count). The highest BCUT2D eigenvalue weighted by molar-refractivity contribution is 6.33. The minimum absolute atomic E-state index is 0.215. The summed E-state index contributed by atoms with van der Waals surface area (Å²) in [6.07, 6.45) is -10.4. The number of rotatable bonds is 5. The first-order valence-corrected chi connectivity index (χ1v) is 10.7. The van der Waals surface area contributed by atoms with Crippen LogP contribution in [0.3, 0.4) is 0 Å². The summed E-state index contributed by atoms with van der Waals surface area (Å²) in [5, 5.41) is -0.297. The Morgan fingerprint density at radius 1 is 0.553 bits per heavy atom. The maximum Gasteiger partial charge on any atom is 0.432 e. The van der Waals surface area contributed by atoms with Crippen molar-refractivity contribution < 1.29 is 48.6 Å². The van der Waals surface area contributed by atoms with Crippen LogP contribution < -0.4 is 4.74 Å². The van der Waals surface area contributed by atoms with Crippen molar-refractivity contribution in [1.82, 2.24) is 0 Å². The summed E-state index contributed by atoms with van der Waals surface area (Å²) in [4.78, 5) is 0. The predicted molar refractivity (Wildman–Crippen MR) is 118 cm³/mol. The van der Waals surface area contributed by atoms with Crippen molar-refractivity contribution in [2.45, 2.75) is 12.3 Å². The lowest BCUT2D eigenvalue weighted by molar-refractivity contribution is -0.189. The molecule has 0 unspecified atom stereocenters. The molecule has 0 bridgehead atoms. The highest BCUT2D eigenvalue weighted by Gasteiger charge is 2.43. The van der Waals surface area contributed by atoms with Gasteiger partial charge in [0.1, 0.15) is 46.0 Å². The lowest BCUT2D eigenvalue weighted by Crippen LogP contribution is -2.25. The van der Waals surface area contributed by atoms with E-state index in [0.29, 0.717) is 23.3 Å².